The molecule has 0 saturated carbocycles. The van der Waals surface area contributed by atoms with E-state index in [0.29, 0.717) is 11.8 Å². The molecule has 2 unspecified atom stereocenters. The molecule has 1 aliphatic rings. The maximum Gasteiger partial charge on any atom is 0.223 e. The molecule has 1 amide bonds. The molecule has 1 aromatic carbocycles. The Bertz CT molecular complexity index is 449. The zero-order chi connectivity index (χ0) is 14.7. The van der Waals surface area contributed by atoms with Crippen LogP contribution in [-0.4, -0.2) is 19.0 Å². The molecule has 110 valence electrons. The maximum absolute atomic E-state index is 12.2. The van der Waals surface area contributed by atoms with Gasteiger partial charge in [-0.3, -0.25) is 4.79 Å². The first-order chi connectivity index (χ1) is 9.49. The molecular weight excluding hydrogens is 248 g/mol. The van der Waals surface area contributed by atoms with E-state index in [1.54, 1.807) is 0 Å². The predicted molar refractivity (Wildman–Crippen MR) is 82.6 cm³/mol. The van der Waals surface area contributed by atoms with Gasteiger partial charge in [-0.25, -0.2) is 0 Å². The standard InChI is InChI=1S/C17H26N2O/c1-11(2)14-5-7-15(8-6-14)13(4)19-17(20)12(3)16-9-18-10-16/h5-8,11-13,16,18H,9-10H2,1-4H3,(H,19,20). The van der Waals surface area contributed by atoms with E-state index in [-0.39, 0.29) is 17.9 Å². The Morgan fingerprint density at radius 2 is 1.65 bits per heavy atom. The van der Waals surface area contributed by atoms with E-state index >= 15 is 0 Å². The zero-order valence-electron chi connectivity index (χ0n) is 12.9. The van der Waals surface area contributed by atoms with Crippen LogP contribution in [-0.2, 0) is 4.79 Å². The third-order valence-corrected chi connectivity index (χ3v) is 4.40. The Morgan fingerprint density at radius 3 is 2.10 bits per heavy atom. The van der Waals surface area contributed by atoms with Crippen LogP contribution in [0.5, 0.6) is 0 Å². The second kappa shape index (κ2) is 6.40. The van der Waals surface area contributed by atoms with Crippen molar-refractivity contribution in [2.24, 2.45) is 11.8 Å². The molecule has 20 heavy (non-hydrogen) atoms. The normalized spacial score (nSPS) is 18.4. The zero-order valence-corrected chi connectivity index (χ0v) is 12.9. The lowest BCUT2D eigenvalue weighted by atomic mass is 9.88. The van der Waals surface area contributed by atoms with Gasteiger partial charge in [0.1, 0.15) is 0 Å². The van der Waals surface area contributed by atoms with Crippen LogP contribution < -0.4 is 10.6 Å². The monoisotopic (exact) mass is 274 g/mol. The number of rotatable bonds is 5. The summed E-state index contributed by atoms with van der Waals surface area (Å²) in [6.45, 7) is 10.4. The summed E-state index contributed by atoms with van der Waals surface area (Å²) in [5.41, 5.74) is 2.50. The summed E-state index contributed by atoms with van der Waals surface area (Å²) >= 11 is 0. The van der Waals surface area contributed by atoms with E-state index in [9.17, 15) is 4.79 Å². The molecular formula is C17H26N2O. The molecule has 0 aromatic heterocycles. The smallest absolute Gasteiger partial charge is 0.223 e. The van der Waals surface area contributed by atoms with Crippen molar-refractivity contribution in [2.75, 3.05) is 13.1 Å². The van der Waals surface area contributed by atoms with Crippen molar-refractivity contribution in [3.63, 3.8) is 0 Å². The van der Waals surface area contributed by atoms with Crippen LogP contribution in [0.15, 0.2) is 24.3 Å². The summed E-state index contributed by atoms with van der Waals surface area (Å²) in [6, 6.07) is 8.62. The fourth-order valence-corrected chi connectivity index (χ4v) is 2.48. The summed E-state index contributed by atoms with van der Waals surface area (Å²) < 4.78 is 0. The average molecular weight is 274 g/mol. The number of hydrogen-bond acceptors (Lipinski definition) is 2. The summed E-state index contributed by atoms with van der Waals surface area (Å²) in [6.07, 6.45) is 0. The van der Waals surface area contributed by atoms with Gasteiger partial charge in [-0.2, -0.15) is 0 Å². The lowest BCUT2D eigenvalue weighted by molar-refractivity contribution is -0.127. The van der Waals surface area contributed by atoms with Gasteiger partial charge >= 0.3 is 0 Å². The molecule has 0 radical (unpaired) electrons. The Labute approximate surface area is 122 Å². The third kappa shape index (κ3) is 3.40. The van der Waals surface area contributed by atoms with E-state index in [2.05, 4.69) is 48.7 Å². The lowest BCUT2D eigenvalue weighted by Gasteiger charge is -2.32. The molecule has 1 saturated heterocycles. The van der Waals surface area contributed by atoms with Crippen molar-refractivity contribution in [1.29, 1.82) is 0 Å². The molecule has 1 fully saturated rings. The minimum atomic E-state index is 0.0687. The molecule has 2 rings (SSSR count). The summed E-state index contributed by atoms with van der Waals surface area (Å²) in [5, 5.41) is 6.35. The number of nitrogens with one attached hydrogen (secondary N) is 2. The van der Waals surface area contributed by atoms with Gasteiger partial charge in [0.15, 0.2) is 0 Å². The molecule has 2 N–H and O–H groups in total. The molecule has 1 aromatic rings. The molecule has 0 bridgehead atoms. The van der Waals surface area contributed by atoms with Crippen LogP contribution in [0, 0.1) is 11.8 Å². The fraction of sp³-hybridized carbons (Fsp3) is 0.588. The van der Waals surface area contributed by atoms with Gasteiger partial charge in [-0.15, -0.1) is 0 Å². The first kappa shape index (κ1) is 15.0. The summed E-state index contributed by atoms with van der Waals surface area (Å²) in [4.78, 5) is 12.2. The SMILES string of the molecule is CC(C)c1ccc(C(C)NC(=O)C(C)C2CNC2)cc1. The second-order valence-corrected chi connectivity index (χ2v) is 6.26. The fourth-order valence-electron chi connectivity index (χ4n) is 2.48. The van der Waals surface area contributed by atoms with Gasteiger partial charge < -0.3 is 10.6 Å². The quantitative estimate of drug-likeness (QED) is 0.867. The van der Waals surface area contributed by atoms with Crippen molar-refractivity contribution in [3.05, 3.63) is 35.4 Å². The second-order valence-electron chi connectivity index (χ2n) is 6.26. The van der Waals surface area contributed by atoms with E-state index in [0.717, 1.165) is 13.1 Å². The van der Waals surface area contributed by atoms with Gasteiger partial charge in [-0.1, -0.05) is 45.0 Å². The number of benzene rings is 1. The number of carbonyl (C=O) groups is 1. The highest BCUT2D eigenvalue weighted by Gasteiger charge is 2.29. The van der Waals surface area contributed by atoms with Gasteiger partial charge in [-0.05, 0) is 43.0 Å². The summed E-state index contributed by atoms with van der Waals surface area (Å²) in [7, 11) is 0. The largest absolute Gasteiger partial charge is 0.349 e. The highest BCUT2D eigenvalue weighted by atomic mass is 16.1. The minimum absolute atomic E-state index is 0.0687. The Kier molecular flexibility index (Phi) is 4.81. The predicted octanol–water partition coefficient (Wildman–Crippen LogP) is 2.84. The Morgan fingerprint density at radius 1 is 1.10 bits per heavy atom. The van der Waals surface area contributed by atoms with Crippen LogP contribution in [0.3, 0.4) is 0 Å². The van der Waals surface area contributed by atoms with E-state index in [4.69, 9.17) is 0 Å². The topological polar surface area (TPSA) is 41.1 Å². The molecule has 1 heterocycles. The van der Waals surface area contributed by atoms with E-state index < -0.39 is 0 Å². The molecule has 3 nitrogen and oxygen atoms in total. The Balaban J connectivity index is 1.93. The van der Waals surface area contributed by atoms with Gasteiger partial charge in [0.2, 0.25) is 5.91 Å². The number of hydrogen-bond donors (Lipinski definition) is 2. The molecule has 3 heteroatoms. The van der Waals surface area contributed by atoms with Gasteiger partial charge in [0.05, 0.1) is 6.04 Å². The minimum Gasteiger partial charge on any atom is -0.349 e. The van der Waals surface area contributed by atoms with Gasteiger partial charge in [0.25, 0.3) is 0 Å². The van der Waals surface area contributed by atoms with Crippen molar-refractivity contribution in [2.45, 2.75) is 39.7 Å². The first-order valence-corrected chi connectivity index (χ1v) is 7.60. The van der Waals surface area contributed by atoms with Crippen molar-refractivity contribution in [3.8, 4) is 0 Å². The van der Waals surface area contributed by atoms with Crippen molar-refractivity contribution >= 4 is 5.91 Å². The number of carbonyl (C=O) groups excluding carboxylic acids is 1. The van der Waals surface area contributed by atoms with Crippen LogP contribution in [0.2, 0.25) is 0 Å². The van der Waals surface area contributed by atoms with Crippen molar-refractivity contribution < 1.29 is 4.79 Å². The maximum atomic E-state index is 12.2. The van der Waals surface area contributed by atoms with Gasteiger partial charge in [0, 0.05) is 5.92 Å². The molecule has 1 aliphatic heterocycles. The van der Waals surface area contributed by atoms with Crippen molar-refractivity contribution in [1.82, 2.24) is 10.6 Å². The highest BCUT2D eigenvalue weighted by Crippen LogP contribution is 2.20. The first-order valence-electron chi connectivity index (χ1n) is 7.60. The van der Waals surface area contributed by atoms with Crippen LogP contribution in [0.4, 0.5) is 0 Å². The van der Waals surface area contributed by atoms with Crippen LogP contribution in [0.1, 0.15) is 50.8 Å². The van der Waals surface area contributed by atoms with E-state index in [1.165, 1.54) is 11.1 Å². The molecule has 2 atom stereocenters. The van der Waals surface area contributed by atoms with E-state index in [1.807, 2.05) is 13.8 Å². The molecule has 0 spiro atoms. The average Bonchev–Trinajstić information content (AvgIpc) is 2.36. The van der Waals surface area contributed by atoms with Crippen LogP contribution in [0.25, 0.3) is 0 Å². The lowest BCUT2D eigenvalue weighted by Crippen LogP contribution is -2.49. The summed E-state index contributed by atoms with van der Waals surface area (Å²) in [5.74, 6) is 1.29. The molecule has 0 aliphatic carbocycles. The highest BCUT2D eigenvalue weighted by molar-refractivity contribution is 5.79. The third-order valence-electron chi connectivity index (χ3n) is 4.40. The Hall–Kier alpha value is -1.35. The van der Waals surface area contributed by atoms with Crippen LogP contribution >= 0.6 is 0 Å². The number of amides is 1.